The summed E-state index contributed by atoms with van der Waals surface area (Å²) in [6, 6.07) is 10.1. The van der Waals surface area contributed by atoms with Crippen LogP contribution in [0.25, 0.3) is 10.9 Å². The van der Waals surface area contributed by atoms with E-state index in [9.17, 15) is 4.79 Å². The van der Waals surface area contributed by atoms with E-state index in [0.717, 1.165) is 30.0 Å². The first-order valence-corrected chi connectivity index (χ1v) is 11.1. The molecule has 4 heteroatoms. The third-order valence-corrected chi connectivity index (χ3v) is 7.15. The third-order valence-electron chi connectivity index (χ3n) is 7.15. The SMILES string of the molecule is CC(=O)c1cn(CC(C)N2C3CCC2CC(OCC2CC2)C3)c2ccccc12. The molecule has 4 nitrogen and oxygen atoms in total. The summed E-state index contributed by atoms with van der Waals surface area (Å²) in [6.07, 6.45) is 10.3. The zero-order valence-electron chi connectivity index (χ0n) is 17.1. The molecule has 0 spiro atoms. The highest BCUT2D eigenvalue weighted by molar-refractivity contribution is 6.06. The number of carbonyl (C=O) groups is 1. The number of hydrogen-bond donors (Lipinski definition) is 0. The van der Waals surface area contributed by atoms with Gasteiger partial charge in [-0.05, 0) is 64.4 Å². The zero-order chi connectivity index (χ0) is 19.3. The normalized spacial score (nSPS) is 28.7. The van der Waals surface area contributed by atoms with Crippen molar-refractivity contribution < 1.29 is 9.53 Å². The smallest absolute Gasteiger partial charge is 0.161 e. The summed E-state index contributed by atoms with van der Waals surface area (Å²) in [5, 5.41) is 1.08. The Hall–Kier alpha value is -1.65. The quantitative estimate of drug-likeness (QED) is 0.656. The molecule has 3 unspecified atom stereocenters. The fourth-order valence-corrected chi connectivity index (χ4v) is 5.63. The van der Waals surface area contributed by atoms with Gasteiger partial charge in [0.05, 0.1) is 6.10 Å². The fraction of sp³-hybridized carbons (Fsp3) is 0.625. The van der Waals surface area contributed by atoms with Crippen LogP contribution in [0.3, 0.4) is 0 Å². The molecule has 2 bridgehead atoms. The molecule has 1 aliphatic carbocycles. The highest BCUT2D eigenvalue weighted by Gasteiger charge is 2.43. The molecule has 0 N–H and O–H groups in total. The van der Waals surface area contributed by atoms with Gasteiger partial charge in [-0.2, -0.15) is 0 Å². The van der Waals surface area contributed by atoms with E-state index >= 15 is 0 Å². The number of ketones is 1. The van der Waals surface area contributed by atoms with Crippen molar-refractivity contribution in [3.8, 4) is 0 Å². The average molecular weight is 381 g/mol. The maximum atomic E-state index is 12.1. The van der Waals surface area contributed by atoms with Gasteiger partial charge in [-0.15, -0.1) is 0 Å². The van der Waals surface area contributed by atoms with E-state index in [0.29, 0.717) is 24.2 Å². The lowest BCUT2D eigenvalue weighted by molar-refractivity contribution is -0.0364. The second kappa shape index (κ2) is 7.31. The molecule has 3 heterocycles. The molecule has 3 aliphatic rings. The van der Waals surface area contributed by atoms with Gasteiger partial charge in [0, 0.05) is 53.9 Å². The molecule has 2 aromatic rings. The van der Waals surface area contributed by atoms with Crippen molar-refractivity contribution in [3.05, 3.63) is 36.0 Å². The summed E-state index contributed by atoms with van der Waals surface area (Å²) in [6.45, 7) is 5.96. The van der Waals surface area contributed by atoms with Gasteiger partial charge in [-0.1, -0.05) is 18.2 Å². The number of rotatable bonds is 7. The lowest BCUT2D eigenvalue weighted by atomic mass is 9.97. The van der Waals surface area contributed by atoms with Crippen molar-refractivity contribution >= 4 is 16.7 Å². The number of carbonyl (C=O) groups excluding carboxylic acids is 1. The van der Waals surface area contributed by atoms with Crippen LogP contribution in [0.1, 0.15) is 62.7 Å². The molecule has 1 aromatic heterocycles. The van der Waals surface area contributed by atoms with Crippen LogP contribution >= 0.6 is 0 Å². The number of hydrogen-bond acceptors (Lipinski definition) is 3. The predicted molar refractivity (Wildman–Crippen MR) is 112 cm³/mol. The monoisotopic (exact) mass is 380 g/mol. The highest BCUT2D eigenvalue weighted by atomic mass is 16.5. The van der Waals surface area contributed by atoms with Gasteiger partial charge in [0.25, 0.3) is 0 Å². The van der Waals surface area contributed by atoms with Crippen LogP contribution in [-0.4, -0.2) is 46.1 Å². The molecule has 150 valence electrons. The largest absolute Gasteiger partial charge is 0.378 e. The number of fused-ring (bicyclic) bond motifs is 3. The van der Waals surface area contributed by atoms with Gasteiger partial charge < -0.3 is 9.30 Å². The van der Waals surface area contributed by atoms with Crippen LogP contribution in [0.2, 0.25) is 0 Å². The summed E-state index contributed by atoms with van der Waals surface area (Å²) >= 11 is 0. The third kappa shape index (κ3) is 3.42. The molecule has 1 saturated carbocycles. The Bertz CT molecular complexity index is 855. The van der Waals surface area contributed by atoms with E-state index in [1.807, 2.05) is 6.07 Å². The van der Waals surface area contributed by atoms with Crippen molar-refractivity contribution in [2.75, 3.05) is 6.61 Å². The number of nitrogens with zero attached hydrogens (tertiary/aromatic N) is 2. The molecule has 0 radical (unpaired) electrons. The topological polar surface area (TPSA) is 34.5 Å². The van der Waals surface area contributed by atoms with Crippen LogP contribution in [-0.2, 0) is 11.3 Å². The van der Waals surface area contributed by atoms with Gasteiger partial charge in [0.1, 0.15) is 0 Å². The van der Waals surface area contributed by atoms with E-state index in [1.165, 1.54) is 44.0 Å². The first-order valence-electron chi connectivity index (χ1n) is 11.1. The molecule has 3 atom stereocenters. The molecule has 3 fully saturated rings. The molecular formula is C24H32N2O2. The second-order valence-corrected chi connectivity index (χ2v) is 9.32. The number of benzene rings is 1. The summed E-state index contributed by atoms with van der Waals surface area (Å²) < 4.78 is 8.55. The van der Waals surface area contributed by atoms with Gasteiger partial charge in [-0.3, -0.25) is 9.69 Å². The zero-order valence-corrected chi connectivity index (χ0v) is 17.1. The number of aromatic nitrogens is 1. The average Bonchev–Trinajstić information content (AvgIpc) is 3.39. The maximum absolute atomic E-state index is 12.1. The first-order chi connectivity index (χ1) is 13.6. The van der Waals surface area contributed by atoms with Gasteiger partial charge in [-0.25, -0.2) is 0 Å². The predicted octanol–water partition coefficient (Wildman–Crippen LogP) is 4.65. The lowest BCUT2D eigenvalue weighted by Crippen LogP contribution is -2.50. The van der Waals surface area contributed by atoms with E-state index in [1.54, 1.807) is 6.92 Å². The minimum Gasteiger partial charge on any atom is -0.378 e. The number of Topliss-reactive ketones (excluding diaryl/α,β-unsaturated/α-hetero) is 1. The molecule has 0 amide bonds. The highest BCUT2D eigenvalue weighted by Crippen LogP contribution is 2.40. The maximum Gasteiger partial charge on any atom is 0.161 e. The van der Waals surface area contributed by atoms with Crippen molar-refractivity contribution in [1.29, 1.82) is 0 Å². The summed E-state index contributed by atoms with van der Waals surface area (Å²) in [5.74, 6) is 1.00. The molecule has 28 heavy (non-hydrogen) atoms. The van der Waals surface area contributed by atoms with E-state index in [2.05, 4.69) is 40.8 Å². The van der Waals surface area contributed by atoms with E-state index in [-0.39, 0.29) is 5.78 Å². The Kier molecular flexibility index (Phi) is 4.80. The first kappa shape index (κ1) is 18.4. The Morgan fingerprint density at radius 3 is 2.54 bits per heavy atom. The van der Waals surface area contributed by atoms with Gasteiger partial charge in [0.2, 0.25) is 0 Å². The Balaban J connectivity index is 1.30. The minimum absolute atomic E-state index is 0.149. The van der Waals surface area contributed by atoms with E-state index < -0.39 is 0 Å². The summed E-state index contributed by atoms with van der Waals surface area (Å²) in [5.41, 5.74) is 2.02. The van der Waals surface area contributed by atoms with Crippen molar-refractivity contribution in [2.24, 2.45) is 5.92 Å². The van der Waals surface area contributed by atoms with Crippen LogP contribution in [0.5, 0.6) is 0 Å². The standard InChI is InChI=1S/C24H32N2O2/c1-16(13-25-14-23(17(2)27)22-5-3-4-6-24(22)25)26-19-9-10-20(26)12-21(11-19)28-15-18-7-8-18/h3-6,14,16,18-21H,7-13,15H2,1-2H3. The van der Waals surface area contributed by atoms with Crippen LogP contribution < -0.4 is 0 Å². The Morgan fingerprint density at radius 1 is 1.14 bits per heavy atom. The molecule has 2 saturated heterocycles. The Labute approximate surface area is 167 Å². The number of ether oxygens (including phenoxy) is 1. The van der Waals surface area contributed by atoms with Crippen LogP contribution in [0.15, 0.2) is 30.5 Å². The van der Waals surface area contributed by atoms with Crippen molar-refractivity contribution in [2.45, 2.75) is 83.1 Å². The fourth-order valence-electron chi connectivity index (χ4n) is 5.63. The molecular weight excluding hydrogens is 348 g/mol. The molecule has 1 aromatic carbocycles. The van der Waals surface area contributed by atoms with Gasteiger partial charge in [0.15, 0.2) is 5.78 Å². The summed E-state index contributed by atoms with van der Waals surface area (Å²) in [4.78, 5) is 14.8. The van der Waals surface area contributed by atoms with Crippen molar-refractivity contribution in [1.82, 2.24) is 9.47 Å². The molecule has 5 rings (SSSR count). The van der Waals surface area contributed by atoms with Crippen LogP contribution in [0, 0.1) is 5.92 Å². The van der Waals surface area contributed by atoms with Gasteiger partial charge >= 0.3 is 0 Å². The summed E-state index contributed by atoms with van der Waals surface area (Å²) in [7, 11) is 0. The van der Waals surface area contributed by atoms with Crippen LogP contribution in [0.4, 0.5) is 0 Å². The minimum atomic E-state index is 0.149. The Morgan fingerprint density at radius 2 is 1.86 bits per heavy atom. The number of piperidine rings is 1. The number of para-hydroxylation sites is 1. The molecule has 2 aliphatic heterocycles. The van der Waals surface area contributed by atoms with E-state index in [4.69, 9.17) is 4.74 Å². The second-order valence-electron chi connectivity index (χ2n) is 9.32. The lowest BCUT2D eigenvalue weighted by Gasteiger charge is -2.42. The van der Waals surface area contributed by atoms with Crippen molar-refractivity contribution in [3.63, 3.8) is 0 Å².